The third-order valence-electron chi connectivity index (χ3n) is 3.27. The highest BCUT2D eigenvalue weighted by Gasteiger charge is 2.18. The quantitative estimate of drug-likeness (QED) is 0.904. The molecular weight excluding hydrogens is 224 g/mol. The van der Waals surface area contributed by atoms with E-state index in [1.807, 2.05) is 25.2 Å². The second-order valence-electron chi connectivity index (χ2n) is 5.95. The maximum Gasteiger partial charge on any atom is 0.109 e. The van der Waals surface area contributed by atoms with Crippen molar-refractivity contribution < 1.29 is 5.11 Å². The highest BCUT2D eigenvalue weighted by atomic mass is 16.3. The summed E-state index contributed by atoms with van der Waals surface area (Å²) in [6.45, 7) is 8.00. The van der Waals surface area contributed by atoms with Crippen molar-refractivity contribution in [2.75, 3.05) is 0 Å². The SMILES string of the molecule is CC(C)Cc1nc2ccc(C(C)(C)O)cc2n1C. The Morgan fingerprint density at radius 2 is 2.00 bits per heavy atom. The summed E-state index contributed by atoms with van der Waals surface area (Å²) >= 11 is 0. The summed E-state index contributed by atoms with van der Waals surface area (Å²) < 4.78 is 2.13. The summed E-state index contributed by atoms with van der Waals surface area (Å²) in [5.41, 5.74) is 2.21. The number of rotatable bonds is 3. The lowest BCUT2D eigenvalue weighted by Gasteiger charge is -2.17. The first kappa shape index (κ1) is 13.1. The molecule has 2 aromatic rings. The molecular formula is C15H22N2O. The van der Waals surface area contributed by atoms with Gasteiger partial charge in [0, 0.05) is 13.5 Å². The van der Waals surface area contributed by atoms with Crippen molar-refractivity contribution in [3.05, 3.63) is 29.6 Å². The van der Waals surface area contributed by atoms with Crippen LogP contribution in [-0.4, -0.2) is 14.7 Å². The monoisotopic (exact) mass is 246 g/mol. The first-order valence-electron chi connectivity index (χ1n) is 6.47. The predicted octanol–water partition coefficient (Wildman–Crippen LogP) is 3.00. The molecule has 0 unspecified atom stereocenters. The average Bonchev–Trinajstić information content (AvgIpc) is 2.53. The number of aryl methyl sites for hydroxylation is 1. The van der Waals surface area contributed by atoms with Crippen molar-refractivity contribution in [1.29, 1.82) is 0 Å². The van der Waals surface area contributed by atoms with Gasteiger partial charge in [-0.3, -0.25) is 0 Å². The van der Waals surface area contributed by atoms with Gasteiger partial charge in [0.1, 0.15) is 5.82 Å². The number of benzene rings is 1. The Kier molecular flexibility index (Phi) is 3.20. The van der Waals surface area contributed by atoms with Gasteiger partial charge in [0.05, 0.1) is 16.6 Å². The fraction of sp³-hybridized carbons (Fsp3) is 0.533. The van der Waals surface area contributed by atoms with E-state index in [9.17, 15) is 5.11 Å². The fourth-order valence-corrected chi connectivity index (χ4v) is 2.17. The minimum Gasteiger partial charge on any atom is -0.386 e. The van der Waals surface area contributed by atoms with E-state index in [1.165, 1.54) is 0 Å². The predicted molar refractivity (Wildman–Crippen MR) is 74.5 cm³/mol. The van der Waals surface area contributed by atoms with Crippen LogP contribution in [0.3, 0.4) is 0 Å². The molecule has 3 nitrogen and oxygen atoms in total. The van der Waals surface area contributed by atoms with Crippen LogP contribution < -0.4 is 0 Å². The summed E-state index contributed by atoms with van der Waals surface area (Å²) in [6, 6.07) is 5.98. The largest absolute Gasteiger partial charge is 0.386 e. The van der Waals surface area contributed by atoms with Crippen LogP contribution in [0.25, 0.3) is 11.0 Å². The van der Waals surface area contributed by atoms with Gasteiger partial charge in [-0.05, 0) is 37.5 Å². The van der Waals surface area contributed by atoms with Crippen LogP contribution in [0.4, 0.5) is 0 Å². The molecule has 0 aliphatic rings. The Morgan fingerprint density at radius 1 is 1.33 bits per heavy atom. The zero-order valence-corrected chi connectivity index (χ0v) is 11.9. The number of nitrogens with zero attached hydrogens (tertiary/aromatic N) is 2. The van der Waals surface area contributed by atoms with Crippen molar-refractivity contribution in [1.82, 2.24) is 9.55 Å². The molecule has 1 heterocycles. The van der Waals surface area contributed by atoms with Gasteiger partial charge in [-0.15, -0.1) is 0 Å². The fourth-order valence-electron chi connectivity index (χ4n) is 2.17. The minimum absolute atomic E-state index is 0.592. The van der Waals surface area contributed by atoms with E-state index in [2.05, 4.69) is 23.4 Å². The van der Waals surface area contributed by atoms with Crippen molar-refractivity contribution in [3.8, 4) is 0 Å². The molecule has 98 valence electrons. The van der Waals surface area contributed by atoms with E-state index in [-0.39, 0.29) is 0 Å². The van der Waals surface area contributed by atoms with Gasteiger partial charge >= 0.3 is 0 Å². The Bertz CT molecular complexity index is 562. The number of hydrogen-bond acceptors (Lipinski definition) is 2. The van der Waals surface area contributed by atoms with Gasteiger partial charge in [-0.2, -0.15) is 0 Å². The molecule has 0 saturated carbocycles. The lowest BCUT2D eigenvalue weighted by molar-refractivity contribution is 0.0787. The molecule has 18 heavy (non-hydrogen) atoms. The van der Waals surface area contributed by atoms with Gasteiger partial charge in [-0.25, -0.2) is 4.98 Å². The molecule has 0 bridgehead atoms. The molecule has 2 rings (SSSR count). The molecule has 0 amide bonds. The van der Waals surface area contributed by atoms with Gasteiger partial charge in [0.25, 0.3) is 0 Å². The molecule has 0 atom stereocenters. The van der Waals surface area contributed by atoms with E-state index in [0.29, 0.717) is 5.92 Å². The van der Waals surface area contributed by atoms with Crippen LogP contribution in [0.15, 0.2) is 18.2 Å². The van der Waals surface area contributed by atoms with E-state index in [0.717, 1.165) is 28.8 Å². The summed E-state index contributed by atoms with van der Waals surface area (Å²) in [7, 11) is 2.04. The standard InChI is InChI=1S/C15H22N2O/c1-10(2)8-14-16-12-7-6-11(15(3,4)18)9-13(12)17(14)5/h6-7,9-10,18H,8H2,1-5H3. The molecule has 1 N–H and O–H groups in total. The number of aromatic nitrogens is 2. The van der Waals surface area contributed by atoms with E-state index >= 15 is 0 Å². The second kappa shape index (κ2) is 4.39. The van der Waals surface area contributed by atoms with Crippen LogP contribution in [0.5, 0.6) is 0 Å². The molecule has 0 fully saturated rings. The van der Waals surface area contributed by atoms with Gasteiger partial charge in [0.2, 0.25) is 0 Å². The average molecular weight is 246 g/mol. The van der Waals surface area contributed by atoms with Crippen LogP contribution in [0.2, 0.25) is 0 Å². The molecule has 0 aliphatic heterocycles. The zero-order valence-electron chi connectivity index (χ0n) is 11.9. The minimum atomic E-state index is -0.809. The molecule has 0 spiro atoms. The maximum atomic E-state index is 10.1. The zero-order chi connectivity index (χ0) is 13.5. The van der Waals surface area contributed by atoms with Gasteiger partial charge < -0.3 is 9.67 Å². The van der Waals surface area contributed by atoms with E-state index < -0.39 is 5.60 Å². The lowest BCUT2D eigenvalue weighted by Crippen LogP contribution is -2.15. The van der Waals surface area contributed by atoms with Crippen LogP contribution in [0.1, 0.15) is 39.1 Å². The third-order valence-corrected chi connectivity index (χ3v) is 3.27. The highest BCUT2D eigenvalue weighted by Crippen LogP contribution is 2.25. The van der Waals surface area contributed by atoms with Crippen LogP contribution >= 0.6 is 0 Å². The molecule has 1 aromatic carbocycles. The molecule has 0 aliphatic carbocycles. The smallest absolute Gasteiger partial charge is 0.109 e. The highest BCUT2D eigenvalue weighted by molar-refractivity contribution is 5.77. The van der Waals surface area contributed by atoms with E-state index in [1.54, 1.807) is 13.8 Å². The second-order valence-corrected chi connectivity index (χ2v) is 5.95. The Labute approximate surface area is 108 Å². The summed E-state index contributed by atoms with van der Waals surface area (Å²) in [6.07, 6.45) is 0.975. The number of aliphatic hydroxyl groups is 1. The number of hydrogen-bond donors (Lipinski definition) is 1. The van der Waals surface area contributed by atoms with Crippen molar-refractivity contribution >= 4 is 11.0 Å². The Morgan fingerprint density at radius 3 is 2.56 bits per heavy atom. The summed E-state index contributed by atoms with van der Waals surface area (Å²) in [4.78, 5) is 4.66. The Balaban J connectivity index is 2.53. The maximum absolute atomic E-state index is 10.1. The van der Waals surface area contributed by atoms with Crippen molar-refractivity contribution in [2.45, 2.75) is 39.7 Å². The first-order valence-corrected chi connectivity index (χ1v) is 6.47. The van der Waals surface area contributed by atoms with Crippen molar-refractivity contribution in [2.24, 2.45) is 13.0 Å². The van der Waals surface area contributed by atoms with Crippen molar-refractivity contribution in [3.63, 3.8) is 0 Å². The first-order chi connectivity index (χ1) is 8.29. The molecule has 0 saturated heterocycles. The third kappa shape index (κ3) is 2.41. The number of fused-ring (bicyclic) bond motifs is 1. The summed E-state index contributed by atoms with van der Waals surface area (Å²) in [5.74, 6) is 1.70. The van der Waals surface area contributed by atoms with Crippen LogP contribution in [0, 0.1) is 5.92 Å². The lowest BCUT2D eigenvalue weighted by atomic mass is 9.98. The topological polar surface area (TPSA) is 38.1 Å². The van der Waals surface area contributed by atoms with Crippen LogP contribution in [-0.2, 0) is 19.1 Å². The molecule has 3 heteroatoms. The van der Waals surface area contributed by atoms with E-state index in [4.69, 9.17) is 0 Å². The molecule has 1 aromatic heterocycles. The van der Waals surface area contributed by atoms with Gasteiger partial charge in [-0.1, -0.05) is 19.9 Å². The number of imidazole rings is 1. The van der Waals surface area contributed by atoms with Gasteiger partial charge in [0.15, 0.2) is 0 Å². The summed E-state index contributed by atoms with van der Waals surface area (Å²) in [5, 5.41) is 10.1. The molecule has 0 radical (unpaired) electrons. The Hall–Kier alpha value is -1.35. The normalized spacial score (nSPS) is 12.6.